The number of para-hydroxylation sites is 2. The standard InChI is InChI=1S/C19H24N2O4/c1-3-25-16-11-7-6-10-15(16)20-17(22)12(2)21-18(23)13-8-4-5-9-14(13)19(21)24/h6-7,10-14H,3-5,8-9H2,1-2H3,(H,20,22)/t12-,13?,14?/m0/s1. The van der Waals surface area contributed by atoms with Crippen LogP contribution >= 0.6 is 0 Å². The second-order valence-electron chi connectivity index (χ2n) is 6.64. The molecule has 1 aromatic rings. The van der Waals surface area contributed by atoms with Gasteiger partial charge in [0.05, 0.1) is 24.1 Å². The van der Waals surface area contributed by atoms with Gasteiger partial charge in [-0.1, -0.05) is 25.0 Å². The fourth-order valence-corrected chi connectivity index (χ4v) is 3.78. The number of nitrogens with one attached hydrogen (secondary N) is 1. The molecule has 0 bridgehead atoms. The van der Waals surface area contributed by atoms with E-state index in [2.05, 4.69) is 5.32 Å². The summed E-state index contributed by atoms with van der Waals surface area (Å²) in [4.78, 5) is 39.0. The third-order valence-corrected chi connectivity index (χ3v) is 5.09. The molecule has 0 radical (unpaired) electrons. The number of hydrogen-bond acceptors (Lipinski definition) is 4. The van der Waals surface area contributed by atoms with Crippen molar-refractivity contribution in [2.75, 3.05) is 11.9 Å². The highest BCUT2D eigenvalue weighted by molar-refractivity contribution is 6.10. The van der Waals surface area contributed by atoms with E-state index in [9.17, 15) is 14.4 Å². The lowest BCUT2D eigenvalue weighted by Gasteiger charge is -2.23. The van der Waals surface area contributed by atoms with Gasteiger partial charge in [-0.2, -0.15) is 0 Å². The molecule has 3 rings (SSSR count). The van der Waals surface area contributed by atoms with Crippen molar-refractivity contribution in [1.82, 2.24) is 4.90 Å². The number of benzene rings is 1. The zero-order valence-corrected chi connectivity index (χ0v) is 14.7. The SMILES string of the molecule is CCOc1ccccc1NC(=O)[C@H](C)N1C(=O)C2CCCCC2C1=O. The second-order valence-corrected chi connectivity index (χ2v) is 6.64. The lowest BCUT2D eigenvalue weighted by atomic mass is 9.81. The molecule has 1 aromatic carbocycles. The van der Waals surface area contributed by atoms with E-state index < -0.39 is 6.04 Å². The van der Waals surface area contributed by atoms with Gasteiger partial charge in [0.1, 0.15) is 11.8 Å². The summed E-state index contributed by atoms with van der Waals surface area (Å²) in [6, 6.07) is 6.29. The Balaban J connectivity index is 1.74. The highest BCUT2D eigenvalue weighted by atomic mass is 16.5. The molecular formula is C19H24N2O4. The van der Waals surface area contributed by atoms with Gasteiger partial charge in [-0.3, -0.25) is 19.3 Å². The van der Waals surface area contributed by atoms with E-state index in [4.69, 9.17) is 4.74 Å². The number of anilines is 1. The molecule has 134 valence electrons. The largest absolute Gasteiger partial charge is 0.492 e. The number of nitrogens with zero attached hydrogens (tertiary/aromatic N) is 1. The minimum atomic E-state index is -0.833. The maximum atomic E-state index is 12.6. The Bertz CT molecular complexity index is 664. The van der Waals surface area contributed by atoms with Crippen molar-refractivity contribution in [3.05, 3.63) is 24.3 Å². The number of carbonyl (C=O) groups excluding carboxylic acids is 3. The molecule has 1 aliphatic carbocycles. The van der Waals surface area contributed by atoms with Gasteiger partial charge in [0.15, 0.2) is 0 Å². The summed E-state index contributed by atoms with van der Waals surface area (Å²) < 4.78 is 5.50. The van der Waals surface area contributed by atoms with E-state index in [0.717, 1.165) is 25.7 Å². The zero-order valence-electron chi connectivity index (χ0n) is 14.7. The number of carbonyl (C=O) groups is 3. The van der Waals surface area contributed by atoms with Crippen molar-refractivity contribution in [1.29, 1.82) is 0 Å². The van der Waals surface area contributed by atoms with Gasteiger partial charge in [-0.05, 0) is 38.8 Å². The number of fused-ring (bicyclic) bond motifs is 1. The van der Waals surface area contributed by atoms with Crippen molar-refractivity contribution < 1.29 is 19.1 Å². The molecule has 1 N–H and O–H groups in total. The first-order chi connectivity index (χ1) is 12.0. The van der Waals surface area contributed by atoms with E-state index >= 15 is 0 Å². The maximum Gasteiger partial charge on any atom is 0.247 e. The summed E-state index contributed by atoms with van der Waals surface area (Å²) in [6.07, 6.45) is 3.42. The van der Waals surface area contributed by atoms with Gasteiger partial charge in [0.2, 0.25) is 17.7 Å². The number of hydrogen-bond donors (Lipinski definition) is 1. The lowest BCUT2D eigenvalue weighted by Crippen LogP contribution is -2.46. The predicted octanol–water partition coefficient (Wildman–Crippen LogP) is 2.59. The molecule has 1 saturated heterocycles. The van der Waals surface area contributed by atoms with Crippen LogP contribution in [0, 0.1) is 11.8 Å². The summed E-state index contributed by atoms with van der Waals surface area (Å²) in [5.41, 5.74) is 0.540. The van der Waals surface area contributed by atoms with Crippen LogP contribution < -0.4 is 10.1 Å². The van der Waals surface area contributed by atoms with E-state index in [1.165, 1.54) is 4.90 Å². The number of likely N-dealkylation sites (tertiary alicyclic amines) is 1. The van der Waals surface area contributed by atoms with Crippen LogP contribution in [-0.2, 0) is 14.4 Å². The molecular weight excluding hydrogens is 320 g/mol. The van der Waals surface area contributed by atoms with E-state index in [1.54, 1.807) is 25.1 Å². The van der Waals surface area contributed by atoms with Crippen molar-refractivity contribution in [3.8, 4) is 5.75 Å². The highest BCUT2D eigenvalue weighted by Crippen LogP contribution is 2.39. The van der Waals surface area contributed by atoms with Crippen LogP contribution in [0.25, 0.3) is 0 Å². The van der Waals surface area contributed by atoms with Crippen LogP contribution in [0.1, 0.15) is 39.5 Å². The molecule has 1 aliphatic heterocycles. The van der Waals surface area contributed by atoms with Crippen LogP contribution in [0.4, 0.5) is 5.69 Å². The van der Waals surface area contributed by atoms with Crippen LogP contribution in [0.5, 0.6) is 5.75 Å². The Hall–Kier alpha value is -2.37. The quantitative estimate of drug-likeness (QED) is 0.833. The van der Waals surface area contributed by atoms with Crippen molar-refractivity contribution in [3.63, 3.8) is 0 Å². The number of ether oxygens (including phenoxy) is 1. The molecule has 3 amide bonds. The maximum absolute atomic E-state index is 12.6. The Labute approximate surface area is 147 Å². The minimum absolute atomic E-state index is 0.199. The first kappa shape index (κ1) is 17.5. The molecule has 25 heavy (non-hydrogen) atoms. The molecule has 1 saturated carbocycles. The lowest BCUT2D eigenvalue weighted by molar-refractivity contribution is -0.146. The van der Waals surface area contributed by atoms with Crippen LogP contribution in [0.3, 0.4) is 0 Å². The van der Waals surface area contributed by atoms with Crippen LogP contribution in [0.15, 0.2) is 24.3 Å². The third kappa shape index (κ3) is 3.25. The Morgan fingerprint density at radius 2 is 1.80 bits per heavy atom. The average Bonchev–Trinajstić information content (AvgIpc) is 2.87. The van der Waals surface area contributed by atoms with Crippen molar-refractivity contribution in [2.24, 2.45) is 11.8 Å². The summed E-state index contributed by atoms with van der Waals surface area (Å²) in [5, 5.41) is 2.78. The van der Waals surface area contributed by atoms with Crippen molar-refractivity contribution >= 4 is 23.4 Å². The molecule has 2 aliphatic rings. The molecule has 6 nitrogen and oxygen atoms in total. The Kier molecular flexibility index (Phi) is 5.06. The number of imide groups is 1. The van der Waals surface area contributed by atoms with Crippen LogP contribution in [0.2, 0.25) is 0 Å². The monoisotopic (exact) mass is 344 g/mol. The van der Waals surface area contributed by atoms with E-state index in [-0.39, 0.29) is 29.6 Å². The molecule has 6 heteroatoms. The second kappa shape index (κ2) is 7.25. The molecule has 0 spiro atoms. The smallest absolute Gasteiger partial charge is 0.247 e. The fourth-order valence-electron chi connectivity index (χ4n) is 3.78. The van der Waals surface area contributed by atoms with E-state index in [1.807, 2.05) is 13.0 Å². The summed E-state index contributed by atoms with van der Waals surface area (Å²) >= 11 is 0. The summed E-state index contributed by atoms with van der Waals surface area (Å²) in [7, 11) is 0. The summed E-state index contributed by atoms with van der Waals surface area (Å²) in [5.74, 6) is -0.698. The fraction of sp³-hybridized carbons (Fsp3) is 0.526. The number of amides is 3. The first-order valence-corrected chi connectivity index (χ1v) is 8.94. The molecule has 1 heterocycles. The average molecular weight is 344 g/mol. The summed E-state index contributed by atoms with van der Waals surface area (Å²) in [6.45, 7) is 3.95. The number of rotatable bonds is 5. The van der Waals surface area contributed by atoms with Crippen LogP contribution in [-0.4, -0.2) is 35.3 Å². The molecule has 0 aromatic heterocycles. The molecule has 2 fully saturated rings. The Morgan fingerprint density at radius 1 is 1.20 bits per heavy atom. The van der Waals surface area contributed by atoms with E-state index in [0.29, 0.717) is 18.0 Å². The van der Waals surface area contributed by atoms with Gasteiger partial charge < -0.3 is 10.1 Å². The van der Waals surface area contributed by atoms with Gasteiger partial charge in [0, 0.05) is 0 Å². The molecule has 3 atom stereocenters. The van der Waals surface area contributed by atoms with Gasteiger partial charge in [-0.25, -0.2) is 0 Å². The van der Waals surface area contributed by atoms with Gasteiger partial charge >= 0.3 is 0 Å². The molecule has 2 unspecified atom stereocenters. The Morgan fingerprint density at radius 3 is 2.40 bits per heavy atom. The normalized spacial score (nSPS) is 24.0. The van der Waals surface area contributed by atoms with Crippen molar-refractivity contribution in [2.45, 2.75) is 45.6 Å². The van der Waals surface area contributed by atoms with Gasteiger partial charge in [-0.15, -0.1) is 0 Å². The first-order valence-electron chi connectivity index (χ1n) is 8.94. The third-order valence-electron chi connectivity index (χ3n) is 5.09. The topological polar surface area (TPSA) is 75.7 Å². The van der Waals surface area contributed by atoms with Gasteiger partial charge in [0.25, 0.3) is 0 Å². The minimum Gasteiger partial charge on any atom is -0.492 e. The zero-order chi connectivity index (χ0) is 18.0. The highest BCUT2D eigenvalue weighted by Gasteiger charge is 2.50. The predicted molar refractivity (Wildman–Crippen MR) is 93.0 cm³/mol.